The monoisotopic (exact) mass is 366 g/mol. The van der Waals surface area contributed by atoms with Crippen LogP contribution < -0.4 is 5.73 Å². The van der Waals surface area contributed by atoms with Gasteiger partial charge in [0, 0.05) is 29.1 Å². The van der Waals surface area contributed by atoms with E-state index in [2.05, 4.69) is 0 Å². The summed E-state index contributed by atoms with van der Waals surface area (Å²) in [7, 11) is 1.57. The molecular formula is C17H16ClFN2O2S. The van der Waals surface area contributed by atoms with Gasteiger partial charge in [0.2, 0.25) is 5.91 Å². The van der Waals surface area contributed by atoms with Gasteiger partial charge in [-0.1, -0.05) is 29.8 Å². The van der Waals surface area contributed by atoms with E-state index in [0.717, 1.165) is 0 Å². The van der Waals surface area contributed by atoms with E-state index in [-0.39, 0.29) is 28.8 Å². The molecule has 0 aliphatic heterocycles. The number of amides is 2. The number of halogens is 2. The maximum atomic E-state index is 13.9. The van der Waals surface area contributed by atoms with Crippen LogP contribution in [0.5, 0.6) is 0 Å². The van der Waals surface area contributed by atoms with Crippen LogP contribution in [0.2, 0.25) is 5.02 Å². The van der Waals surface area contributed by atoms with Crippen molar-refractivity contribution < 1.29 is 14.0 Å². The zero-order valence-corrected chi connectivity index (χ0v) is 14.5. The van der Waals surface area contributed by atoms with Crippen LogP contribution in [-0.4, -0.2) is 29.5 Å². The van der Waals surface area contributed by atoms with Gasteiger partial charge in [-0.2, -0.15) is 0 Å². The average molecular weight is 367 g/mol. The Bertz CT molecular complexity index is 750. The van der Waals surface area contributed by atoms with Crippen LogP contribution in [-0.2, 0) is 11.3 Å². The molecule has 0 radical (unpaired) electrons. The first kappa shape index (κ1) is 18.3. The normalized spacial score (nSPS) is 10.5. The summed E-state index contributed by atoms with van der Waals surface area (Å²) in [5, 5.41) is 0.269. The number of carbonyl (C=O) groups excluding carboxylic acids is 2. The van der Waals surface area contributed by atoms with Gasteiger partial charge in [0.25, 0.3) is 5.91 Å². The van der Waals surface area contributed by atoms with Gasteiger partial charge in [-0.3, -0.25) is 9.59 Å². The number of hydrogen-bond acceptors (Lipinski definition) is 3. The average Bonchev–Trinajstić information content (AvgIpc) is 2.55. The van der Waals surface area contributed by atoms with Crippen molar-refractivity contribution in [2.75, 3.05) is 12.8 Å². The van der Waals surface area contributed by atoms with Crippen molar-refractivity contribution >= 4 is 35.2 Å². The highest BCUT2D eigenvalue weighted by atomic mass is 35.5. The van der Waals surface area contributed by atoms with Crippen LogP contribution in [0, 0.1) is 5.82 Å². The molecule has 0 unspecified atom stereocenters. The highest BCUT2D eigenvalue weighted by molar-refractivity contribution is 8.00. The van der Waals surface area contributed by atoms with Gasteiger partial charge in [0.15, 0.2) is 0 Å². The summed E-state index contributed by atoms with van der Waals surface area (Å²) in [6, 6.07) is 11.3. The molecule has 0 aliphatic carbocycles. The van der Waals surface area contributed by atoms with Gasteiger partial charge in [-0.25, -0.2) is 4.39 Å². The molecule has 7 heteroatoms. The van der Waals surface area contributed by atoms with Crippen molar-refractivity contribution in [3.8, 4) is 0 Å². The first-order valence-electron chi connectivity index (χ1n) is 7.08. The summed E-state index contributed by atoms with van der Waals surface area (Å²) in [4.78, 5) is 25.7. The minimum atomic E-state index is -0.464. The van der Waals surface area contributed by atoms with E-state index in [1.54, 1.807) is 37.4 Å². The van der Waals surface area contributed by atoms with E-state index < -0.39 is 11.7 Å². The number of nitrogens with two attached hydrogens (primary N) is 1. The molecule has 0 bridgehead atoms. The number of benzene rings is 2. The van der Waals surface area contributed by atoms with E-state index in [1.165, 1.54) is 28.8 Å². The smallest absolute Gasteiger partial charge is 0.255 e. The molecule has 0 atom stereocenters. The maximum Gasteiger partial charge on any atom is 0.255 e. The Morgan fingerprint density at radius 2 is 1.92 bits per heavy atom. The van der Waals surface area contributed by atoms with Gasteiger partial charge in [0.05, 0.1) is 11.3 Å². The Hall–Kier alpha value is -2.05. The summed E-state index contributed by atoms with van der Waals surface area (Å²) in [6.45, 7) is 0.0408. The lowest BCUT2D eigenvalue weighted by Crippen LogP contribution is -2.27. The molecular weight excluding hydrogens is 351 g/mol. The standard InChI is InChI=1S/C17H16ClFN2O2S/c1-21(9-12-13(18)6-4-7-14(12)19)17(23)11-5-2-3-8-15(11)24-10-16(20)22/h2-8H,9-10H2,1H3,(H2,20,22). The Kier molecular flexibility index (Phi) is 6.23. The second-order valence-electron chi connectivity index (χ2n) is 5.11. The van der Waals surface area contributed by atoms with Crippen LogP contribution in [0.25, 0.3) is 0 Å². The Labute approximate surface area is 148 Å². The van der Waals surface area contributed by atoms with Crippen LogP contribution >= 0.6 is 23.4 Å². The summed E-state index contributed by atoms with van der Waals surface area (Å²) in [5.41, 5.74) is 5.84. The SMILES string of the molecule is CN(Cc1c(F)cccc1Cl)C(=O)c1ccccc1SCC(N)=O. The van der Waals surface area contributed by atoms with Crippen molar-refractivity contribution in [2.45, 2.75) is 11.4 Å². The van der Waals surface area contributed by atoms with Crippen LogP contribution in [0.15, 0.2) is 47.4 Å². The molecule has 126 valence electrons. The summed E-state index contributed by atoms with van der Waals surface area (Å²) in [5.74, 6) is -1.14. The Balaban J connectivity index is 2.21. The molecule has 4 nitrogen and oxygen atoms in total. The minimum Gasteiger partial charge on any atom is -0.369 e. The molecule has 0 spiro atoms. The third-order valence-electron chi connectivity index (χ3n) is 3.29. The van der Waals surface area contributed by atoms with E-state index in [4.69, 9.17) is 17.3 Å². The fourth-order valence-corrected chi connectivity index (χ4v) is 3.12. The lowest BCUT2D eigenvalue weighted by molar-refractivity contribution is -0.115. The van der Waals surface area contributed by atoms with Crippen LogP contribution in [0.1, 0.15) is 15.9 Å². The van der Waals surface area contributed by atoms with E-state index >= 15 is 0 Å². The summed E-state index contributed by atoms with van der Waals surface area (Å²) < 4.78 is 13.9. The predicted molar refractivity (Wildman–Crippen MR) is 93.6 cm³/mol. The molecule has 0 heterocycles. The molecule has 2 aromatic carbocycles. The molecule has 2 aromatic rings. The predicted octanol–water partition coefficient (Wildman–Crippen LogP) is 3.33. The molecule has 2 N–H and O–H groups in total. The third-order valence-corrected chi connectivity index (χ3v) is 4.74. The van der Waals surface area contributed by atoms with Gasteiger partial charge < -0.3 is 10.6 Å². The zero-order chi connectivity index (χ0) is 17.7. The highest BCUT2D eigenvalue weighted by Gasteiger charge is 2.18. The minimum absolute atomic E-state index is 0.0408. The molecule has 0 aliphatic rings. The van der Waals surface area contributed by atoms with Crippen molar-refractivity contribution in [3.63, 3.8) is 0 Å². The quantitative estimate of drug-likeness (QED) is 0.797. The molecule has 0 fully saturated rings. The van der Waals surface area contributed by atoms with E-state index in [1.807, 2.05) is 0 Å². The highest BCUT2D eigenvalue weighted by Crippen LogP contribution is 2.25. The molecule has 0 aromatic heterocycles. The summed E-state index contributed by atoms with van der Waals surface area (Å²) >= 11 is 7.20. The van der Waals surface area contributed by atoms with Crippen molar-refractivity contribution in [2.24, 2.45) is 5.73 Å². The topological polar surface area (TPSA) is 63.4 Å². The maximum absolute atomic E-state index is 13.9. The number of carbonyl (C=O) groups is 2. The first-order chi connectivity index (χ1) is 11.4. The molecule has 0 saturated carbocycles. The molecule has 2 rings (SSSR count). The number of thioether (sulfide) groups is 1. The lowest BCUT2D eigenvalue weighted by Gasteiger charge is -2.20. The lowest BCUT2D eigenvalue weighted by atomic mass is 10.1. The molecule has 2 amide bonds. The number of nitrogens with zero attached hydrogens (tertiary/aromatic N) is 1. The largest absolute Gasteiger partial charge is 0.369 e. The van der Waals surface area contributed by atoms with Crippen molar-refractivity contribution in [3.05, 3.63) is 64.4 Å². The Morgan fingerprint density at radius 1 is 1.21 bits per heavy atom. The van der Waals surface area contributed by atoms with Gasteiger partial charge in [-0.15, -0.1) is 11.8 Å². The number of rotatable bonds is 6. The Morgan fingerprint density at radius 3 is 2.58 bits per heavy atom. The second kappa shape index (κ2) is 8.17. The molecule has 0 saturated heterocycles. The van der Waals surface area contributed by atoms with Crippen molar-refractivity contribution in [1.82, 2.24) is 4.90 Å². The fraction of sp³-hybridized carbons (Fsp3) is 0.176. The first-order valence-corrected chi connectivity index (χ1v) is 8.45. The van der Waals surface area contributed by atoms with E-state index in [0.29, 0.717) is 10.5 Å². The molecule has 24 heavy (non-hydrogen) atoms. The van der Waals surface area contributed by atoms with Gasteiger partial charge in [-0.05, 0) is 24.3 Å². The van der Waals surface area contributed by atoms with Gasteiger partial charge >= 0.3 is 0 Å². The fourth-order valence-electron chi connectivity index (χ4n) is 2.12. The van der Waals surface area contributed by atoms with Crippen LogP contribution in [0.4, 0.5) is 4.39 Å². The number of hydrogen-bond donors (Lipinski definition) is 1. The van der Waals surface area contributed by atoms with Crippen LogP contribution in [0.3, 0.4) is 0 Å². The third kappa shape index (κ3) is 4.49. The second-order valence-corrected chi connectivity index (χ2v) is 6.54. The van der Waals surface area contributed by atoms with Gasteiger partial charge in [0.1, 0.15) is 5.82 Å². The number of primary amides is 1. The summed E-state index contributed by atoms with van der Waals surface area (Å²) in [6.07, 6.45) is 0. The van der Waals surface area contributed by atoms with E-state index in [9.17, 15) is 14.0 Å². The zero-order valence-electron chi connectivity index (χ0n) is 13.0. The van der Waals surface area contributed by atoms with Crippen molar-refractivity contribution in [1.29, 1.82) is 0 Å².